The molecule has 86 valence electrons. The third-order valence-corrected chi connectivity index (χ3v) is 3.97. The molecule has 0 bridgehead atoms. The van der Waals surface area contributed by atoms with Crippen molar-refractivity contribution in [3.05, 3.63) is 0 Å². The Balaban J connectivity index is 1.94. The molecule has 0 aromatic heterocycles. The highest BCUT2D eigenvalue weighted by Gasteiger charge is 2.56. The summed E-state index contributed by atoms with van der Waals surface area (Å²) in [5.74, 6) is 0.646. The molecule has 2 aliphatic rings. The lowest BCUT2D eigenvalue weighted by Gasteiger charge is -2.33. The van der Waals surface area contributed by atoms with E-state index in [-0.39, 0.29) is 11.4 Å². The van der Waals surface area contributed by atoms with Gasteiger partial charge in [-0.3, -0.25) is 4.79 Å². The fraction of sp³-hybridized carbons (Fsp3) is 0.917. The Kier molecular flexibility index (Phi) is 3.01. The lowest BCUT2D eigenvalue weighted by molar-refractivity contribution is -0.152. The number of carbonyl (C=O) groups excluding carboxylic acids is 1. The van der Waals surface area contributed by atoms with Crippen molar-refractivity contribution in [2.24, 2.45) is 11.3 Å². The van der Waals surface area contributed by atoms with Gasteiger partial charge in [0.1, 0.15) is 0 Å². The number of carbonyl (C=O) groups is 1. The van der Waals surface area contributed by atoms with Gasteiger partial charge in [0.2, 0.25) is 0 Å². The Morgan fingerprint density at radius 2 is 2.00 bits per heavy atom. The lowest BCUT2D eigenvalue weighted by Crippen LogP contribution is -2.37. The van der Waals surface area contributed by atoms with Crippen LogP contribution in [0.5, 0.6) is 0 Å². The maximum absolute atomic E-state index is 11.9. The summed E-state index contributed by atoms with van der Waals surface area (Å²) in [5.41, 5.74) is -0.0722. The molecule has 0 spiro atoms. The molecule has 0 amide bonds. The number of nitrogens with zero attached hydrogens (tertiary/aromatic N) is 1. The fourth-order valence-electron chi connectivity index (χ4n) is 2.75. The highest BCUT2D eigenvalue weighted by Crippen LogP contribution is 2.56. The maximum Gasteiger partial charge on any atom is 0.312 e. The topological polar surface area (TPSA) is 29.5 Å². The summed E-state index contributed by atoms with van der Waals surface area (Å²) in [5, 5.41) is 0. The average molecular weight is 211 g/mol. The quantitative estimate of drug-likeness (QED) is 0.665. The molecular weight excluding hydrogens is 190 g/mol. The van der Waals surface area contributed by atoms with E-state index in [9.17, 15) is 4.79 Å². The molecular formula is C12H21NO2. The first-order valence-corrected chi connectivity index (χ1v) is 6.05. The Morgan fingerprint density at radius 3 is 2.47 bits per heavy atom. The van der Waals surface area contributed by atoms with Crippen molar-refractivity contribution >= 4 is 5.97 Å². The smallest absolute Gasteiger partial charge is 0.312 e. The molecule has 1 aliphatic carbocycles. The average Bonchev–Trinajstić information content (AvgIpc) is 3.00. The molecule has 0 aromatic rings. The van der Waals surface area contributed by atoms with E-state index < -0.39 is 0 Å². The normalized spacial score (nSPS) is 26.3. The zero-order chi connectivity index (χ0) is 10.9. The minimum absolute atomic E-state index is 0.0690. The van der Waals surface area contributed by atoms with Gasteiger partial charge in [0.25, 0.3) is 0 Å². The van der Waals surface area contributed by atoms with E-state index in [2.05, 4.69) is 11.9 Å². The minimum Gasteiger partial charge on any atom is -0.466 e. The molecule has 2 fully saturated rings. The summed E-state index contributed by atoms with van der Waals surface area (Å²) < 4.78 is 5.20. The van der Waals surface area contributed by atoms with Gasteiger partial charge in [-0.2, -0.15) is 0 Å². The van der Waals surface area contributed by atoms with Crippen molar-refractivity contribution in [2.75, 3.05) is 26.7 Å². The Labute approximate surface area is 91.8 Å². The number of ether oxygens (including phenoxy) is 1. The molecule has 0 aromatic carbocycles. The summed E-state index contributed by atoms with van der Waals surface area (Å²) in [4.78, 5) is 14.2. The fourth-order valence-corrected chi connectivity index (χ4v) is 2.75. The summed E-state index contributed by atoms with van der Waals surface area (Å²) in [6, 6.07) is 0. The van der Waals surface area contributed by atoms with Gasteiger partial charge in [-0.25, -0.2) is 0 Å². The zero-order valence-electron chi connectivity index (χ0n) is 9.79. The van der Waals surface area contributed by atoms with Gasteiger partial charge in [-0.05, 0) is 58.7 Å². The lowest BCUT2D eigenvalue weighted by atomic mass is 9.81. The van der Waals surface area contributed by atoms with Crippen LogP contribution >= 0.6 is 0 Å². The second-order valence-corrected chi connectivity index (χ2v) is 4.95. The summed E-state index contributed by atoms with van der Waals surface area (Å²) >= 11 is 0. The number of hydrogen-bond donors (Lipinski definition) is 0. The van der Waals surface area contributed by atoms with Gasteiger partial charge in [0.15, 0.2) is 0 Å². The first kappa shape index (κ1) is 10.9. The second-order valence-electron chi connectivity index (χ2n) is 4.95. The van der Waals surface area contributed by atoms with Crippen LogP contribution in [0.2, 0.25) is 0 Å². The standard InChI is InChI=1S/C12H21NO2/c1-3-15-11(14)12(6-7-12)10-4-8-13(2)9-5-10/h10H,3-9H2,1-2H3. The van der Waals surface area contributed by atoms with Crippen molar-refractivity contribution < 1.29 is 9.53 Å². The SMILES string of the molecule is CCOC(=O)C1(C2CCN(C)CC2)CC1. The van der Waals surface area contributed by atoms with Gasteiger partial charge >= 0.3 is 5.97 Å². The highest BCUT2D eigenvalue weighted by molar-refractivity contribution is 5.80. The number of esters is 1. The minimum atomic E-state index is -0.0722. The molecule has 3 nitrogen and oxygen atoms in total. The van der Waals surface area contributed by atoms with Crippen LogP contribution in [0.1, 0.15) is 32.6 Å². The van der Waals surface area contributed by atoms with Crippen molar-refractivity contribution in [3.63, 3.8) is 0 Å². The molecule has 15 heavy (non-hydrogen) atoms. The number of piperidine rings is 1. The van der Waals surface area contributed by atoms with E-state index in [1.165, 1.54) is 0 Å². The van der Waals surface area contributed by atoms with Crippen molar-refractivity contribution in [2.45, 2.75) is 32.6 Å². The van der Waals surface area contributed by atoms with Gasteiger partial charge < -0.3 is 9.64 Å². The molecule has 3 heteroatoms. The molecule has 0 N–H and O–H groups in total. The van der Waals surface area contributed by atoms with Crippen LogP contribution in [0.25, 0.3) is 0 Å². The molecule has 1 heterocycles. The van der Waals surface area contributed by atoms with Gasteiger partial charge in [-0.1, -0.05) is 0 Å². The van der Waals surface area contributed by atoms with E-state index in [0.29, 0.717) is 12.5 Å². The highest BCUT2D eigenvalue weighted by atomic mass is 16.5. The van der Waals surface area contributed by atoms with Gasteiger partial charge in [-0.15, -0.1) is 0 Å². The third-order valence-electron chi connectivity index (χ3n) is 3.97. The van der Waals surface area contributed by atoms with Crippen LogP contribution in [-0.2, 0) is 9.53 Å². The van der Waals surface area contributed by atoms with Crippen LogP contribution in [0.3, 0.4) is 0 Å². The molecule has 1 saturated carbocycles. The van der Waals surface area contributed by atoms with Gasteiger partial charge in [0.05, 0.1) is 12.0 Å². The summed E-state index contributed by atoms with van der Waals surface area (Å²) in [6.45, 7) is 4.67. The number of rotatable bonds is 3. The van der Waals surface area contributed by atoms with E-state index in [1.54, 1.807) is 0 Å². The molecule has 0 unspecified atom stereocenters. The Bertz CT molecular complexity index is 240. The van der Waals surface area contributed by atoms with E-state index in [0.717, 1.165) is 38.8 Å². The van der Waals surface area contributed by atoms with Crippen LogP contribution < -0.4 is 0 Å². The first-order valence-electron chi connectivity index (χ1n) is 6.05. The summed E-state index contributed by atoms with van der Waals surface area (Å²) in [7, 11) is 2.15. The Hall–Kier alpha value is -0.570. The third kappa shape index (κ3) is 2.03. The maximum atomic E-state index is 11.9. The van der Waals surface area contributed by atoms with Crippen LogP contribution in [0, 0.1) is 11.3 Å². The Morgan fingerprint density at radius 1 is 1.40 bits per heavy atom. The molecule has 0 radical (unpaired) electrons. The molecule has 1 saturated heterocycles. The van der Waals surface area contributed by atoms with E-state index in [4.69, 9.17) is 4.74 Å². The largest absolute Gasteiger partial charge is 0.466 e. The molecule has 0 atom stereocenters. The summed E-state index contributed by atoms with van der Waals surface area (Å²) in [6.07, 6.45) is 4.44. The monoisotopic (exact) mass is 211 g/mol. The first-order chi connectivity index (χ1) is 7.19. The molecule has 2 rings (SSSR count). The van der Waals surface area contributed by atoms with Crippen LogP contribution in [0.15, 0.2) is 0 Å². The van der Waals surface area contributed by atoms with Crippen molar-refractivity contribution in [3.8, 4) is 0 Å². The van der Waals surface area contributed by atoms with Gasteiger partial charge in [0, 0.05) is 0 Å². The number of likely N-dealkylation sites (tertiary alicyclic amines) is 1. The van der Waals surface area contributed by atoms with E-state index in [1.807, 2.05) is 6.92 Å². The number of hydrogen-bond acceptors (Lipinski definition) is 3. The van der Waals surface area contributed by atoms with Crippen LogP contribution in [-0.4, -0.2) is 37.6 Å². The zero-order valence-corrected chi connectivity index (χ0v) is 9.79. The van der Waals surface area contributed by atoms with Crippen LogP contribution in [0.4, 0.5) is 0 Å². The second kappa shape index (κ2) is 4.12. The predicted molar refractivity (Wildman–Crippen MR) is 58.5 cm³/mol. The predicted octanol–water partition coefficient (Wildman–Crippen LogP) is 1.67. The van der Waals surface area contributed by atoms with Crippen molar-refractivity contribution in [1.29, 1.82) is 0 Å². The molecule has 1 aliphatic heterocycles. The van der Waals surface area contributed by atoms with E-state index >= 15 is 0 Å². The van der Waals surface area contributed by atoms with Crippen molar-refractivity contribution in [1.82, 2.24) is 4.90 Å².